The zero-order chi connectivity index (χ0) is 14.5. The van der Waals surface area contributed by atoms with Crippen LogP contribution in [0.1, 0.15) is 18.1 Å². The molecule has 102 valence electrons. The van der Waals surface area contributed by atoms with E-state index in [4.69, 9.17) is 11.0 Å². The van der Waals surface area contributed by atoms with Gasteiger partial charge in [-0.25, -0.2) is 8.42 Å². The normalized spacial score (nSPS) is 11.2. The number of sulfonamides is 1. The molecule has 0 aliphatic heterocycles. The maximum atomic E-state index is 12.1. The minimum absolute atomic E-state index is 0.182. The van der Waals surface area contributed by atoms with Crippen molar-refractivity contribution < 1.29 is 13.2 Å². The zero-order valence-corrected chi connectivity index (χ0v) is 11.4. The van der Waals surface area contributed by atoms with Crippen LogP contribution in [-0.2, 0) is 20.6 Å². The summed E-state index contributed by atoms with van der Waals surface area (Å²) in [6.07, 6.45) is 0. The quantitative estimate of drug-likeness (QED) is 0.803. The summed E-state index contributed by atoms with van der Waals surface area (Å²) in [5, 5.41) is 8.66. The average Bonchev–Trinajstić information content (AvgIpc) is 2.36. The van der Waals surface area contributed by atoms with Crippen molar-refractivity contribution in [2.75, 3.05) is 13.1 Å². The molecule has 6 nitrogen and oxygen atoms in total. The van der Waals surface area contributed by atoms with Crippen LogP contribution in [0.3, 0.4) is 0 Å². The number of hydrogen-bond donors (Lipinski definition) is 1. The van der Waals surface area contributed by atoms with Crippen molar-refractivity contribution in [3.05, 3.63) is 35.4 Å². The minimum Gasteiger partial charge on any atom is -0.369 e. The van der Waals surface area contributed by atoms with Crippen molar-refractivity contribution in [1.29, 1.82) is 5.26 Å². The number of rotatable bonds is 6. The molecular weight excluding hydrogens is 266 g/mol. The molecule has 1 amide bonds. The second-order valence-corrected chi connectivity index (χ2v) is 5.93. The fourth-order valence-electron chi connectivity index (χ4n) is 1.56. The number of carbonyl (C=O) groups is 1. The number of nitrogens with zero attached hydrogens (tertiary/aromatic N) is 2. The van der Waals surface area contributed by atoms with Gasteiger partial charge in [0.1, 0.15) is 0 Å². The van der Waals surface area contributed by atoms with Crippen LogP contribution in [-0.4, -0.2) is 31.7 Å². The van der Waals surface area contributed by atoms with Gasteiger partial charge in [0.2, 0.25) is 15.9 Å². The standard InChI is InChI=1S/C12H15N3O3S/c1-2-15(8-12(14)16)19(17,18)9-11-5-3-10(7-13)4-6-11/h3-6H,2,8-9H2,1H3,(H2,14,16). The second-order valence-electron chi connectivity index (χ2n) is 3.96. The summed E-state index contributed by atoms with van der Waals surface area (Å²) in [7, 11) is -3.59. The van der Waals surface area contributed by atoms with Crippen LogP contribution in [0.25, 0.3) is 0 Å². The summed E-state index contributed by atoms with van der Waals surface area (Å²) < 4.78 is 25.2. The lowest BCUT2D eigenvalue weighted by Crippen LogP contribution is -2.38. The molecule has 7 heteroatoms. The third-order valence-electron chi connectivity index (χ3n) is 2.51. The van der Waals surface area contributed by atoms with Crippen molar-refractivity contribution in [2.24, 2.45) is 5.73 Å². The van der Waals surface area contributed by atoms with E-state index in [1.54, 1.807) is 31.2 Å². The highest BCUT2D eigenvalue weighted by atomic mass is 32.2. The topological polar surface area (TPSA) is 104 Å². The molecule has 0 heterocycles. The number of likely N-dealkylation sites (N-methyl/N-ethyl adjacent to an activating group) is 1. The summed E-state index contributed by atoms with van der Waals surface area (Å²) in [4.78, 5) is 10.8. The molecule has 0 unspecified atom stereocenters. The minimum atomic E-state index is -3.59. The molecule has 0 bridgehead atoms. The molecule has 1 rings (SSSR count). The van der Waals surface area contributed by atoms with Crippen molar-refractivity contribution in [1.82, 2.24) is 4.31 Å². The third-order valence-corrected chi connectivity index (χ3v) is 4.38. The number of carbonyl (C=O) groups excluding carboxylic acids is 1. The molecule has 0 aliphatic rings. The van der Waals surface area contributed by atoms with Gasteiger partial charge in [0.25, 0.3) is 0 Å². The molecule has 1 aromatic carbocycles. The van der Waals surface area contributed by atoms with Gasteiger partial charge in [-0.2, -0.15) is 9.57 Å². The smallest absolute Gasteiger partial charge is 0.232 e. The monoisotopic (exact) mass is 281 g/mol. The van der Waals surface area contributed by atoms with E-state index in [9.17, 15) is 13.2 Å². The number of nitrogens with two attached hydrogens (primary N) is 1. The predicted molar refractivity (Wildman–Crippen MR) is 70.2 cm³/mol. The second kappa shape index (κ2) is 6.31. The number of primary amides is 1. The van der Waals surface area contributed by atoms with E-state index in [-0.39, 0.29) is 18.8 Å². The van der Waals surface area contributed by atoms with Crippen LogP contribution < -0.4 is 5.73 Å². The first kappa shape index (κ1) is 15.1. The van der Waals surface area contributed by atoms with Crippen molar-refractivity contribution >= 4 is 15.9 Å². The Morgan fingerprint density at radius 2 is 1.95 bits per heavy atom. The Bertz CT molecular complexity index is 588. The molecule has 0 aliphatic carbocycles. The maximum Gasteiger partial charge on any atom is 0.232 e. The van der Waals surface area contributed by atoms with Gasteiger partial charge < -0.3 is 5.73 Å². The fraction of sp³-hybridized carbons (Fsp3) is 0.333. The van der Waals surface area contributed by atoms with Gasteiger partial charge in [0.15, 0.2) is 0 Å². The molecule has 0 saturated heterocycles. The SMILES string of the molecule is CCN(CC(N)=O)S(=O)(=O)Cc1ccc(C#N)cc1. The molecule has 0 saturated carbocycles. The van der Waals surface area contributed by atoms with Gasteiger partial charge in [0, 0.05) is 6.54 Å². The van der Waals surface area contributed by atoms with Gasteiger partial charge in [-0.05, 0) is 17.7 Å². The molecule has 0 radical (unpaired) electrons. The van der Waals surface area contributed by atoms with Crippen LogP contribution in [0, 0.1) is 11.3 Å². The first-order valence-electron chi connectivity index (χ1n) is 5.64. The Morgan fingerprint density at radius 1 is 1.37 bits per heavy atom. The Balaban J connectivity index is 2.88. The lowest BCUT2D eigenvalue weighted by atomic mass is 10.2. The van der Waals surface area contributed by atoms with Gasteiger partial charge >= 0.3 is 0 Å². The Morgan fingerprint density at radius 3 is 2.37 bits per heavy atom. The summed E-state index contributed by atoms with van der Waals surface area (Å²) >= 11 is 0. The molecule has 19 heavy (non-hydrogen) atoms. The summed E-state index contributed by atoms with van der Waals surface area (Å²) in [5.41, 5.74) is 6.04. The van der Waals surface area contributed by atoms with Gasteiger partial charge in [-0.15, -0.1) is 0 Å². The molecular formula is C12H15N3O3S. The van der Waals surface area contributed by atoms with Gasteiger partial charge in [-0.1, -0.05) is 19.1 Å². The van der Waals surface area contributed by atoms with Crippen molar-refractivity contribution in [2.45, 2.75) is 12.7 Å². The number of hydrogen-bond acceptors (Lipinski definition) is 4. The van der Waals surface area contributed by atoms with E-state index in [0.29, 0.717) is 11.1 Å². The fourth-order valence-corrected chi connectivity index (χ4v) is 3.07. The third kappa shape index (κ3) is 4.35. The zero-order valence-electron chi connectivity index (χ0n) is 10.5. The lowest BCUT2D eigenvalue weighted by molar-refractivity contribution is -0.118. The lowest BCUT2D eigenvalue weighted by Gasteiger charge is -2.18. The molecule has 1 aromatic rings. The number of benzene rings is 1. The van der Waals surface area contributed by atoms with E-state index in [2.05, 4.69) is 0 Å². The molecule has 0 fully saturated rings. The van der Waals surface area contributed by atoms with Gasteiger partial charge in [-0.3, -0.25) is 4.79 Å². The first-order chi connectivity index (χ1) is 8.89. The Labute approximate surface area is 112 Å². The molecule has 0 spiro atoms. The first-order valence-corrected chi connectivity index (χ1v) is 7.25. The van der Waals surface area contributed by atoms with Crippen LogP contribution in [0.2, 0.25) is 0 Å². The van der Waals surface area contributed by atoms with Gasteiger partial charge in [0.05, 0.1) is 23.9 Å². The van der Waals surface area contributed by atoms with E-state index >= 15 is 0 Å². The summed E-state index contributed by atoms with van der Waals surface area (Å²) in [5.74, 6) is -0.912. The van der Waals surface area contributed by atoms with Crippen molar-refractivity contribution in [3.8, 4) is 6.07 Å². The highest BCUT2D eigenvalue weighted by Gasteiger charge is 2.22. The van der Waals surface area contributed by atoms with Crippen molar-refractivity contribution in [3.63, 3.8) is 0 Å². The summed E-state index contributed by atoms with van der Waals surface area (Å²) in [6.45, 7) is 1.50. The van der Waals surface area contributed by atoms with E-state index < -0.39 is 15.9 Å². The van der Waals surface area contributed by atoms with Crippen LogP contribution in [0.15, 0.2) is 24.3 Å². The van der Waals surface area contributed by atoms with E-state index in [1.165, 1.54) is 0 Å². The highest BCUT2D eigenvalue weighted by molar-refractivity contribution is 7.88. The van der Waals surface area contributed by atoms with E-state index in [1.807, 2.05) is 6.07 Å². The number of nitriles is 1. The van der Waals surface area contributed by atoms with E-state index in [0.717, 1.165) is 4.31 Å². The molecule has 0 aromatic heterocycles. The predicted octanol–water partition coefficient (Wildman–Crippen LogP) is 0.195. The highest BCUT2D eigenvalue weighted by Crippen LogP contribution is 2.11. The Hall–Kier alpha value is -1.91. The average molecular weight is 281 g/mol. The molecule has 2 N–H and O–H groups in total. The Kier molecular flexibility index (Phi) is 5.03. The van der Waals surface area contributed by atoms with Crippen LogP contribution in [0.4, 0.5) is 0 Å². The molecule has 0 atom stereocenters. The largest absolute Gasteiger partial charge is 0.369 e. The van der Waals surface area contributed by atoms with Crippen LogP contribution >= 0.6 is 0 Å². The summed E-state index contributed by atoms with van der Waals surface area (Å²) in [6, 6.07) is 8.21. The maximum absolute atomic E-state index is 12.1. The van der Waals surface area contributed by atoms with Crippen LogP contribution in [0.5, 0.6) is 0 Å². The number of amides is 1.